The minimum atomic E-state index is -4.41. The summed E-state index contributed by atoms with van der Waals surface area (Å²) in [6, 6.07) is 9.89. The van der Waals surface area contributed by atoms with Crippen LogP contribution in [0.1, 0.15) is 18.1 Å². The standard InChI is InChI=1S/C17H19F3N4O.HI/c1-2-12-4-3-5-14(10-12)24-16(21)22-8-9-25-15-7-6-13(11-23-15)17(18,19)20;/h3-7,10-11H,2,8-9H2,1H3,(H3,21,22,24);1H. The van der Waals surface area contributed by atoms with Crippen molar-refractivity contribution in [2.45, 2.75) is 19.5 Å². The maximum atomic E-state index is 12.4. The minimum absolute atomic E-state index is 0. The Morgan fingerprint density at radius 1 is 1.27 bits per heavy atom. The van der Waals surface area contributed by atoms with Gasteiger partial charge in [0.1, 0.15) is 6.61 Å². The fourth-order valence-electron chi connectivity index (χ4n) is 2.01. The Morgan fingerprint density at radius 2 is 2.04 bits per heavy atom. The lowest BCUT2D eigenvalue weighted by Gasteiger charge is -2.08. The van der Waals surface area contributed by atoms with Crippen LogP contribution in [-0.4, -0.2) is 24.1 Å². The highest BCUT2D eigenvalue weighted by Gasteiger charge is 2.30. The van der Waals surface area contributed by atoms with E-state index in [-0.39, 0.29) is 49.0 Å². The number of benzene rings is 1. The van der Waals surface area contributed by atoms with E-state index in [4.69, 9.17) is 10.5 Å². The summed E-state index contributed by atoms with van der Waals surface area (Å²) < 4.78 is 42.5. The molecule has 2 aromatic rings. The normalized spacial score (nSPS) is 11.6. The van der Waals surface area contributed by atoms with Crippen LogP contribution in [0.5, 0.6) is 5.88 Å². The molecule has 3 N–H and O–H groups in total. The van der Waals surface area contributed by atoms with E-state index in [1.54, 1.807) is 0 Å². The molecule has 0 spiro atoms. The minimum Gasteiger partial charge on any atom is -0.476 e. The first-order chi connectivity index (χ1) is 11.9. The number of alkyl halides is 3. The highest BCUT2D eigenvalue weighted by Crippen LogP contribution is 2.29. The molecule has 1 heterocycles. The molecule has 9 heteroatoms. The van der Waals surface area contributed by atoms with Crippen LogP contribution in [0.25, 0.3) is 0 Å². The third-order valence-electron chi connectivity index (χ3n) is 3.29. The zero-order chi connectivity index (χ0) is 18.3. The van der Waals surface area contributed by atoms with E-state index in [1.807, 2.05) is 24.3 Å². The van der Waals surface area contributed by atoms with Crippen LogP contribution in [0, 0.1) is 0 Å². The number of nitrogens with zero attached hydrogens (tertiary/aromatic N) is 2. The van der Waals surface area contributed by atoms with E-state index in [2.05, 4.69) is 22.2 Å². The summed E-state index contributed by atoms with van der Waals surface area (Å²) in [6.07, 6.45) is -2.76. The molecule has 0 aliphatic rings. The van der Waals surface area contributed by atoms with Gasteiger partial charge in [0.2, 0.25) is 5.88 Å². The van der Waals surface area contributed by atoms with Gasteiger partial charge in [0.15, 0.2) is 5.96 Å². The molecule has 0 fully saturated rings. The number of pyridine rings is 1. The van der Waals surface area contributed by atoms with Crippen LogP contribution >= 0.6 is 24.0 Å². The average Bonchev–Trinajstić information content (AvgIpc) is 2.58. The predicted molar refractivity (Wildman–Crippen MR) is 106 cm³/mol. The van der Waals surface area contributed by atoms with E-state index in [0.29, 0.717) is 0 Å². The Morgan fingerprint density at radius 3 is 2.65 bits per heavy atom. The third-order valence-corrected chi connectivity index (χ3v) is 3.29. The molecule has 142 valence electrons. The second-order valence-corrected chi connectivity index (χ2v) is 5.18. The monoisotopic (exact) mass is 480 g/mol. The van der Waals surface area contributed by atoms with E-state index in [1.165, 1.54) is 11.6 Å². The predicted octanol–water partition coefficient (Wildman–Crippen LogP) is 4.09. The molecule has 1 aromatic carbocycles. The quantitative estimate of drug-likeness (QED) is 0.283. The Labute approximate surface area is 166 Å². The number of aromatic nitrogens is 1. The number of guanidine groups is 1. The molecule has 0 unspecified atom stereocenters. The third kappa shape index (κ3) is 7.06. The van der Waals surface area contributed by atoms with Crippen molar-refractivity contribution >= 4 is 35.6 Å². The molecule has 0 saturated heterocycles. The summed E-state index contributed by atoms with van der Waals surface area (Å²) in [5.41, 5.74) is 6.98. The lowest BCUT2D eigenvalue weighted by molar-refractivity contribution is -0.137. The number of aryl methyl sites for hydroxylation is 1. The van der Waals surface area contributed by atoms with Crippen LogP contribution < -0.4 is 15.8 Å². The van der Waals surface area contributed by atoms with Crippen molar-refractivity contribution in [3.63, 3.8) is 0 Å². The molecule has 26 heavy (non-hydrogen) atoms. The second-order valence-electron chi connectivity index (χ2n) is 5.18. The topological polar surface area (TPSA) is 72.5 Å². The number of hydrogen-bond donors (Lipinski definition) is 2. The Hall–Kier alpha value is -2.04. The SMILES string of the molecule is CCc1cccc(NC(N)=NCCOc2ccc(C(F)(F)F)cn2)c1.I. The zero-order valence-electron chi connectivity index (χ0n) is 14.1. The summed E-state index contributed by atoms with van der Waals surface area (Å²) in [7, 11) is 0. The summed E-state index contributed by atoms with van der Waals surface area (Å²) >= 11 is 0. The first kappa shape index (κ1) is 22.0. The molecular weight excluding hydrogens is 460 g/mol. The number of aliphatic imine (C=N–C) groups is 1. The maximum Gasteiger partial charge on any atom is 0.417 e. The molecule has 0 bridgehead atoms. The number of nitrogens with two attached hydrogens (primary N) is 1. The van der Waals surface area contributed by atoms with Crippen LogP contribution in [-0.2, 0) is 12.6 Å². The number of hydrogen-bond acceptors (Lipinski definition) is 3. The van der Waals surface area contributed by atoms with Crippen molar-refractivity contribution in [2.75, 3.05) is 18.5 Å². The number of halogens is 4. The molecule has 0 aliphatic heterocycles. The van der Waals surface area contributed by atoms with Crippen molar-refractivity contribution in [2.24, 2.45) is 10.7 Å². The molecular formula is C17H20F3IN4O. The van der Waals surface area contributed by atoms with Crippen LogP contribution in [0.4, 0.5) is 18.9 Å². The second kappa shape index (κ2) is 10.2. The Kier molecular flexibility index (Phi) is 8.62. The zero-order valence-corrected chi connectivity index (χ0v) is 16.4. The molecule has 0 saturated carbocycles. The van der Waals surface area contributed by atoms with Gasteiger partial charge in [-0.05, 0) is 30.2 Å². The molecule has 5 nitrogen and oxygen atoms in total. The molecule has 2 rings (SSSR count). The van der Waals surface area contributed by atoms with Gasteiger partial charge in [0.25, 0.3) is 0 Å². The maximum absolute atomic E-state index is 12.4. The first-order valence-corrected chi connectivity index (χ1v) is 7.70. The van der Waals surface area contributed by atoms with E-state index in [9.17, 15) is 13.2 Å². The van der Waals surface area contributed by atoms with Gasteiger partial charge in [-0.15, -0.1) is 24.0 Å². The van der Waals surface area contributed by atoms with E-state index < -0.39 is 11.7 Å². The molecule has 0 atom stereocenters. The number of ether oxygens (including phenoxy) is 1. The van der Waals surface area contributed by atoms with Crippen molar-refractivity contribution in [3.05, 3.63) is 53.7 Å². The summed E-state index contributed by atoms with van der Waals surface area (Å²) in [5, 5.41) is 2.97. The van der Waals surface area contributed by atoms with Gasteiger partial charge in [0, 0.05) is 18.0 Å². The number of nitrogens with one attached hydrogen (secondary N) is 1. The lowest BCUT2D eigenvalue weighted by atomic mass is 10.1. The largest absolute Gasteiger partial charge is 0.476 e. The Balaban J connectivity index is 0.00000338. The van der Waals surface area contributed by atoms with E-state index in [0.717, 1.165) is 24.4 Å². The summed E-state index contributed by atoms with van der Waals surface area (Å²) in [5.74, 6) is 0.336. The highest BCUT2D eigenvalue weighted by molar-refractivity contribution is 14.0. The molecule has 0 amide bonds. The Bertz CT molecular complexity index is 721. The van der Waals surface area contributed by atoms with Crippen molar-refractivity contribution in [3.8, 4) is 5.88 Å². The van der Waals surface area contributed by atoms with E-state index >= 15 is 0 Å². The smallest absolute Gasteiger partial charge is 0.417 e. The van der Waals surface area contributed by atoms with Crippen molar-refractivity contribution < 1.29 is 17.9 Å². The van der Waals surface area contributed by atoms with Crippen LogP contribution in [0.2, 0.25) is 0 Å². The number of rotatable bonds is 6. The van der Waals surface area contributed by atoms with Gasteiger partial charge in [-0.25, -0.2) is 9.98 Å². The van der Waals surface area contributed by atoms with Gasteiger partial charge in [-0.1, -0.05) is 19.1 Å². The van der Waals surface area contributed by atoms with Gasteiger partial charge < -0.3 is 15.8 Å². The van der Waals surface area contributed by atoms with Gasteiger partial charge in [-0.2, -0.15) is 13.2 Å². The summed E-state index contributed by atoms with van der Waals surface area (Å²) in [6.45, 7) is 2.45. The van der Waals surface area contributed by atoms with Crippen molar-refractivity contribution in [1.82, 2.24) is 4.98 Å². The summed E-state index contributed by atoms with van der Waals surface area (Å²) in [4.78, 5) is 7.71. The highest BCUT2D eigenvalue weighted by atomic mass is 127. The average molecular weight is 480 g/mol. The lowest BCUT2D eigenvalue weighted by Crippen LogP contribution is -2.23. The number of anilines is 1. The van der Waals surface area contributed by atoms with Crippen LogP contribution in [0.15, 0.2) is 47.6 Å². The molecule has 0 radical (unpaired) electrons. The van der Waals surface area contributed by atoms with Gasteiger partial charge in [-0.3, -0.25) is 0 Å². The van der Waals surface area contributed by atoms with Gasteiger partial charge in [0.05, 0.1) is 12.1 Å². The van der Waals surface area contributed by atoms with Crippen LogP contribution in [0.3, 0.4) is 0 Å². The molecule has 0 aliphatic carbocycles. The first-order valence-electron chi connectivity index (χ1n) is 7.70. The fraction of sp³-hybridized carbons (Fsp3) is 0.294. The van der Waals surface area contributed by atoms with Gasteiger partial charge >= 0.3 is 6.18 Å². The van der Waals surface area contributed by atoms with Crippen molar-refractivity contribution in [1.29, 1.82) is 0 Å². The fourth-order valence-corrected chi connectivity index (χ4v) is 2.01. The molecule has 1 aromatic heterocycles.